The second kappa shape index (κ2) is 7.49. The zero-order valence-corrected chi connectivity index (χ0v) is 13.7. The lowest BCUT2D eigenvalue weighted by molar-refractivity contribution is -0.133. The average molecular weight is 316 g/mol. The highest BCUT2D eigenvalue weighted by molar-refractivity contribution is 6.16. The van der Waals surface area contributed by atoms with Gasteiger partial charge in [-0.25, -0.2) is 4.79 Å². The summed E-state index contributed by atoms with van der Waals surface area (Å²) in [6.45, 7) is 2.20. The predicted molar refractivity (Wildman–Crippen MR) is 85.7 cm³/mol. The summed E-state index contributed by atoms with van der Waals surface area (Å²) in [5.41, 5.74) is 2.48. The maximum absolute atomic E-state index is 12.0. The molecular formula is C17H20N2O4. The lowest BCUT2D eigenvalue weighted by Crippen LogP contribution is -2.10. The zero-order valence-electron chi connectivity index (χ0n) is 13.7. The van der Waals surface area contributed by atoms with E-state index in [4.69, 9.17) is 14.2 Å². The number of ether oxygens (including phenoxy) is 3. The Morgan fingerprint density at radius 1 is 1.26 bits per heavy atom. The Balaban J connectivity index is 2.36. The molecule has 0 aliphatic rings. The van der Waals surface area contributed by atoms with Crippen LogP contribution in [0.3, 0.4) is 0 Å². The molecule has 2 rings (SSSR count). The Labute approximate surface area is 135 Å². The van der Waals surface area contributed by atoms with Crippen LogP contribution in [0.5, 0.6) is 5.75 Å². The fourth-order valence-electron chi connectivity index (χ4n) is 2.27. The quantitative estimate of drug-likeness (QED) is 0.465. The third-order valence-electron chi connectivity index (χ3n) is 3.29. The largest absolute Gasteiger partial charge is 0.503 e. The zero-order chi connectivity index (χ0) is 16.8. The van der Waals surface area contributed by atoms with Gasteiger partial charge in [-0.3, -0.25) is 4.68 Å². The molecule has 0 fully saturated rings. The number of carbonyl (C=O) groups is 1. The number of hydrogen-bond acceptors (Lipinski definition) is 5. The number of methoxy groups -OCH3 is 2. The molecule has 6 nitrogen and oxygen atoms in total. The highest BCUT2D eigenvalue weighted by Crippen LogP contribution is 2.30. The number of carbonyl (C=O) groups excluding carboxylic acids is 1. The van der Waals surface area contributed by atoms with Gasteiger partial charge in [0.1, 0.15) is 23.6 Å². The first-order chi connectivity index (χ1) is 11.1. The molecule has 0 saturated carbocycles. The summed E-state index contributed by atoms with van der Waals surface area (Å²) in [6.07, 6.45) is 1.33. The van der Waals surface area contributed by atoms with Gasteiger partial charge in [0.05, 0.1) is 20.5 Å². The van der Waals surface area contributed by atoms with Crippen molar-refractivity contribution in [3.05, 3.63) is 53.5 Å². The van der Waals surface area contributed by atoms with Crippen LogP contribution in [0.2, 0.25) is 0 Å². The van der Waals surface area contributed by atoms with Gasteiger partial charge in [-0.15, -0.1) is 0 Å². The molecule has 0 amide bonds. The van der Waals surface area contributed by atoms with E-state index in [1.54, 1.807) is 11.7 Å². The summed E-state index contributed by atoms with van der Waals surface area (Å²) in [5.74, 6) is 0.0180. The smallest absolute Gasteiger partial charge is 0.343 e. The first-order valence-electron chi connectivity index (χ1n) is 7.10. The molecule has 0 aliphatic carbocycles. The third-order valence-corrected chi connectivity index (χ3v) is 3.29. The first kappa shape index (κ1) is 16.6. The van der Waals surface area contributed by atoms with Gasteiger partial charge in [0.15, 0.2) is 5.75 Å². The molecule has 0 saturated heterocycles. The van der Waals surface area contributed by atoms with E-state index < -0.39 is 5.97 Å². The van der Waals surface area contributed by atoms with Gasteiger partial charge >= 0.3 is 5.97 Å². The molecule has 0 N–H and O–H groups in total. The van der Waals surface area contributed by atoms with Crippen LogP contribution in [0.15, 0.2) is 36.6 Å². The molecule has 23 heavy (non-hydrogen) atoms. The summed E-state index contributed by atoms with van der Waals surface area (Å²) in [6, 6.07) is 9.77. The molecular weight excluding hydrogens is 296 g/mol. The van der Waals surface area contributed by atoms with E-state index >= 15 is 0 Å². The Kier molecular flexibility index (Phi) is 5.41. The highest BCUT2D eigenvalue weighted by atomic mass is 16.5. The number of aromatic nitrogens is 2. The van der Waals surface area contributed by atoms with E-state index in [1.807, 2.05) is 37.3 Å². The summed E-state index contributed by atoms with van der Waals surface area (Å²) < 4.78 is 17.3. The van der Waals surface area contributed by atoms with E-state index in [1.165, 1.54) is 20.5 Å². The molecule has 1 aromatic heterocycles. The fourth-order valence-corrected chi connectivity index (χ4v) is 2.27. The van der Waals surface area contributed by atoms with Crippen LogP contribution in [0, 0.1) is 6.92 Å². The lowest BCUT2D eigenvalue weighted by atomic mass is 10.1. The molecule has 0 unspecified atom stereocenters. The van der Waals surface area contributed by atoms with Gasteiger partial charge in [0.2, 0.25) is 0 Å². The molecule has 0 aliphatic heterocycles. The molecule has 0 bridgehead atoms. The average Bonchev–Trinajstić information content (AvgIpc) is 2.84. The number of esters is 1. The maximum atomic E-state index is 12.0. The van der Waals surface area contributed by atoms with E-state index in [9.17, 15) is 4.79 Å². The van der Waals surface area contributed by atoms with Crippen LogP contribution >= 0.6 is 0 Å². The van der Waals surface area contributed by atoms with Gasteiger partial charge < -0.3 is 14.2 Å². The van der Waals surface area contributed by atoms with Gasteiger partial charge in [0.25, 0.3) is 0 Å². The minimum atomic E-state index is -0.514. The normalized spacial score (nSPS) is 11.2. The number of hydrogen-bond donors (Lipinski definition) is 0. The third kappa shape index (κ3) is 3.71. The molecule has 1 aromatic carbocycles. The molecule has 122 valence electrons. The first-order valence-corrected chi connectivity index (χ1v) is 7.10. The SMILES string of the molecule is COC=C(C(=O)OC)c1c(OCc2ccccc2)c(C)nn1C. The number of aryl methyl sites for hydroxylation is 2. The van der Waals surface area contributed by atoms with E-state index in [-0.39, 0.29) is 5.57 Å². The molecule has 6 heteroatoms. The summed E-state index contributed by atoms with van der Waals surface area (Å²) >= 11 is 0. The second-order valence-electron chi connectivity index (χ2n) is 4.92. The summed E-state index contributed by atoms with van der Waals surface area (Å²) in [5, 5.41) is 4.33. The van der Waals surface area contributed by atoms with E-state index in [0.717, 1.165) is 5.56 Å². The minimum Gasteiger partial charge on any atom is -0.503 e. The van der Waals surface area contributed by atoms with Crippen molar-refractivity contribution < 1.29 is 19.0 Å². The predicted octanol–water partition coefficient (Wildman–Crippen LogP) is 2.47. The number of benzene rings is 1. The van der Waals surface area contributed by atoms with Gasteiger partial charge in [0, 0.05) is 7.05 Å². The Bertz CT molecular complexity index is 705. The molecule has 1 heterocycles. The van der Waals surface area contributed by atoms with Crippen LogP contribution in [-0.4, -0.2) is 30.0 Å². The Hall–Kier alpha value is -2.76. The van der Waals surface area contributed by atoms with Crippen LogP contribution in [0.1, 0.15) is 17.0 Å². The van der Waals surface area contributed by atoms with E-state index in [2.05, 4.69) is 5.10 Å². The van der Waals surface area contributed by atoms with Crippen molar-refractivity contribution in [3.8, 4) is 5.75 Å². The lowest BCUT2D eigenvalue weighted by Gasteiger charge is -2.11. The monoisotopic (exact) mass is 316 g/mol. The summed E-state index contributed by atoms with van der Waals surface area (Å²) in [4.78, 5) is 12.0. The second-order valence-corrected chi connectivity index (χ2v) is 4.92. The van der Waals surface area contributed by atoms with Crippen molar-refractivity contribution in [1.29, 1.82) is 0 Å². The van der Waals surface area contributed by atoms with Gasteiger partial charge in [-0.05, 0) is 12.5 Å². The van der Waals surface area contributed by atoms with Gasteiger partial charge in [-0.1, -0.05) is 30.3 Å². The van der Waals surface area contributed by atoms with Crippen LogP contribution < -0.4 is 4.74 Å². The van der Waals surface area contributed by atoms with Crippen molar-refractivity contribution in [2.24, 2.45) is 7.05 Å². The summed E-state index contributed by atoms with van der Waals surface area (Å²) in [7, 11) is 4.53. The molecule has 0 spiro atoms. The van der Waals surface area contributed by atoms with Crippen molar-refractivity contribution in [2.45, 2.75) is 13.5 Å². The van der Waals surface area contributed by atoms with Crippen molar-refractivity contribution in [2.75, 3.05) is 14.2 Å². The molecule has 2 aromatic rings. The fraction of sp³-hybridized carbons (Fsp3) is 0.294. The minimum absolute atomic E-state index is 0.251. The Morgan fingerprint density at radius 3 is 2.57 bits per heavy atom. The molecule has 0 atom stereocenters. The number of nitrogens with zero attached hydrogens (tertiary/aromatic N) is 2. The van der Waals surface area contributed by atoms with Crippen LogP contribution in [0.25, 0.3) is 5.57 Å². The molecule has 0 radical (unpaired) electrons. The maximum Gasteiger partial charge on any atom is 0.343 e. The van der Waals surface area contributed by atoms with Crippen molar-refractivity contribution in [1.82, 2.24) is 9.78 Å². The van der Waals surface area contributed by atoms with Crippen molar-refractivity contribution >= 4 is 11.5 Å². The standard InChI is InChI=1S/C17H20N2O4/c1-12-16(23-10-13-8-6-5-7-9-13)15(19(2)18-12)14(11-21-3)17(20)22-4/h5-9,11H,10H2,1-4H3. The van der Waals surface area contributed by atoms with E-state index in [0.29, 0.717) is 23.7 Å². The highest BCUT2D eigenvalue weighted by Gasteiger charge is 2.24. The van der Waals surface area contributed by atoms with Crippen LogP contribution in [-0.2, 0) is 27.9 Å². The van der Waals surface area contributed by atoms with Gasteiger partial charge in [-0.2, -0.15) is 5.10 Å². The van der Waals surface area contributed by atoms with Crippen molar-refractivity contribution in [3.63, 3.8) is 0 Å². The van der Waals surface area contributed by atoms with Crippen LogP contribution in [0.4, 0.5) is 0 Å². The topological polar surface area (TPSA) is 62.6 Å². The Morgan fingerprint density at radius 2 is 1.96 bits per heavy atom. The number of rotatable bonds is 6.